The van der Waals surface area contributed by atoms with Gasteiger partial charge in [0.15, 0.2) is 0 Å². The molecule has 2 atom stereocenters. The largest absolute Gasteiger partial charge is 0.377 e. The second-order valence-electron chi connectivity index (χ2n) is 7.55. The topological polar surface area (TPSA) is 24.5 Å². The fourth-order valence-corrected chi connectivity index (χ4v) is 3.41. The quantitative estimate of drug-likeness (QED) is 0.631. The van der Waals surface area contributed by atoms with Gasteiger partial charge in [-0.15, -0.1) is 0 Å². The molecule has 1 rings (SSSR count). The van der Waals surface area contributed by atoms with Gasteiger partial charge in [-0.3, -0.25) is 0 Å². The van der Waals surface area contributed by atoms with Crippen LogP contribution in [0.4, 0.5) is 0 Å². The lowest BCUT2D eigenvalue weighted by Crippen LogP contribution is -2.45. The highest BCUT2D eigenvalue weighted by Gasteiger charge is 2.27. The Morgan fingerprint density at radius 3 is 2.62 bits per heavy atom. The minimum absolute atomic E-state index is 0.373. The molecule has 1 fully saturated rings. The molecular formula is C18H38N2O. The fraction of sp³-hybridized carbons (Fsp3) is 1.00. The van der Waals surface area contributed by atoms with Crippen LogP contribution in [-0.2, 0) is 4.74 Å². The number of nitrogens with zero attached hydrogens (tertiary/aromatic N) is 1. The Hall–Kier alpha value is -0.120. The molecule has 0 saturated carbocycles. The Morgan fingerprint density at radius 1 is 1.33 bits per heavy atom. The number of hydrogen-bond acceptors (Lipinski definition) is 3. The zero-order chi connectivity index (χ0) is 15.7. The summed E-state index contributed by atoms with van der Waals surface area (Å²) in [5.41, 5.74) is 0.373. The summed E-state index contributed by atoms with van der Waals surface area (Å²) in [7, 11) is 0. The minimum Gasteiger partial charge on any atom is -0.377 e. The Labute approximate surface area is 132 Å². The van der Waals surface area contributed by atoms with Crippen LogP contribution < -0.4 is 5.32 Å². The van der Waals surface area contributed by atoms with Crippen molar-refractivity contribution in [1.82, 2.24) is 10.2 Å². The first kappa shape index (κ1) is 18.9. The molecule has 0 spiro atoms. The van der Waals surface area contributed by atoms with Crippen LogP contribution in [0.25, 0.3) is 0 Å². The summed E-state index contributed by atoms with van der Waals surface area (Å²) in [6.45, 7) is 18.2. The van der Waals surface area contributed by atoms with Gasteiger partial charge in [0.2, 0.25) is 0 Å². The molecule has 21 heavy (non-hydrogen) atoms. The Balaban J connectivity index is 2.47. The maximum atomic E-state index is 5.82. The first-order chi connectivity index (χ1) is 9.99. The van der Waals surface area contributed by atoms with Crippen molar-refractivity contribution in [3.63, 3.8) is 0 Å². The zero-order valence-corrected chi connectivity index (χ0v) is 15.1. The molecule has 0 amide bonds. The summed E-state index contributed by atoms with van der Waals surface area (Å²) in [6, 6.07) is 0. The zero-order valence-electron chi connectivity index (χ0n) is 15.1. The van der Waals surface area contributed by atoms with E-state index < -0.39 is 0 Å². The Kier molecular flexibility index (Phi) is 8.84. The van der Waals surface area contributed by atoms with E-state index in [4.69, 9.17) is 4.74 Å². The van der Waals surface area contributed by atoms with Gasteiger partial charge in [-0.05, 0) is 43.7 Å². The monoisotopic (exact) mass is 298 g/mol. The number of hydrogen-bond donors (Lipinski definition) is 1. The van der Waals surface area contributed by atoms with E-state index in [1.165, 1.54) is 32.2 Å². The highest BCUT2D eigenvalue weighted by atomic mass is 16.5. The molecule has 1 aliphatic rings. The van der Waals surface area contributed by atoms with Crippen LogP contribution in [0.15, 0.2) is 0 Å². The number of nitrogens with one attached hydrogen (secondary N) is 1. The molecule has 1 aliphatic heterocycles. The van der Waals surface area contributed by atoms with Crippen molar-refractivity contribution in [2.24, 2.45) is 11.3 Å². The van der Waals surface area contributed by atoms with Crippen LogP contribution in [0, 0.1) is 11.3 Å². The summed E-state index contributed by atoms with van der Waals surface area (Å²) in [6.07, 6.45) is 5.51. The maximum Gasteiger partial charge on any atom is 0.0702 e. The molecule has 126 valence electrons. The van der Waals surface area contributed by atoms with Crippen LogP contribution >= 0.6 is 0 Å². The van der Waals surface area contributed by atoms with Gasteiger partial charge in [-0.2, -0.15) is 0 Å². The third kappa shape index (κ3) is 7.62. The molecule has 0 aromatic carbocycles. The molecule has 1 heterocycles. The molecule has 0 aromatic heterocycles. The van der Waals surface area contributed by atoms with E-state index >= 15 is 0 Å². The molecule has 3 nitrogen and oxygen atoms in total. The molecule has 0 bridgehead atoms. The van der Waals surface area contributed by atoms with E-state index in [0.717, 1.165) is 38.7 Å². The predicted octanol–water partition coefficient (Wildman–Crippen LogP) is 3.54. The molecule has 0 radical (unpaired) electrons. The molecular weight excluding hydrogens is 260 g/mol. The number of ether oxygens (including phenoxy) is 1. The van der Waals surface area contributed by atoms with Crippen LogP contribution in [0.5, 0.6) is 0 Å². The average molecular weight is 299 g/mol. The summed E-state index contributed by atoms with van der Waals surface area (Å²) >= 11 is 0. The van der Waals surface area contributed by atoms with E-state index in [2.05, 4.69) is 44.8 Å². The van der Waals surface area contributed by atoms with E-state index in [1.54, 1.807) is 0 Å². The minimum atomic E-state index is 0.373. The third-order valence-electron chi connectivity index (χ3n) is 4.50. The van der Waals surface area contributed by atoms with E-state index in [-0.39, 0.29) is 0 Å². The van der Waals surface area contributed by atoms with Gasteiger partial charge in [0, 0.05) is 26.2 Å². The van der Waals surface area contributed by atoms with Gasteiger partial charge in [0.1, 0.15) is 0 Å². The fourth-order valence-electron chi connectivity index (χ4n) is 3.41. The van der Waals surface area contributed by atoms with E-state index in [9.17, 15) is 0 Å². The Morgan fingerprint density at radius 2 is 2.10 bits per heavy atom. The lowest BCUT2D eigenvalue weighted by molar-refractivity contribution is 0.0565. The van der Waals surface area contributed by atoms with Crippen molar-refractivity contribution >= 4 is 0 Å². The molecule has 1 N–H and O–H groups in total. The van der Waals surface area contributed by atoms with Crippen molar-refractivity contribution in [3.05, 3.63) is 0 Å². The lowest BCUT2D eigenvalue weighted by Gasteiger charge is -2.36. The summed E-state index contributed by atoms with van der Waals surface area (Å²) in [5, 5.41) is 3.68. The maximum absolute atomic E-state index is 5.82. The highest BCUT2D eigenvalue weighted by molar-refractivity contribution is 4.82. The molecule has 2 unspecified atom stereocenters. The van der Waals surface area contributed by atoms with Crippen LogP contribution in [-0.4, -0.2) is 50.3 Å². The smallest absolute Gasteiger partial charge is 0.0702 e. The first-order valence-electron chi connectivity index (χ1n) is 9.03. The van der Waals surface area contributed by atoms with Gasteiger partial charge < -0.3 is 15.0 Å². The number of rotatable bonds is 11. The van der Waals surface area contributed by atoms with Crippen LogP contribution in [0.3, 0.4) is 0 Å². The van der Waals surface area contributed by atoms with Gasteiger partial charge in [-0.1, -0.05) is 41.0 Å². The third-order valence-corrected chi connectivity index (χ3v) is 4.50. The van der Waals surface area contributed by atoms with E-state index in [0.29, 0.717) is 11.5 Å². The van der Waals surface area contributed by atoms with E-state index in [1.807, 2.05) is 0 Å². The second-order valence-corrected chi connectivity index (χ2v) is 7.55. The summed E-state index contributed by atoms with van der Waals surface area (Å²) < 4.78 is 5.82. The van der Waals surface area contributed by atoms with Gasteiger partial charge in [0.25, 0.3) is 0 Å². The molecule has 0 aromatic rings. The summed E-state index contributed by atoms with van der Waals surface area (Å²) in [4.78, 5) is 2.60. The molecule has 1 saturated heterocycles. The first-order valence-corrected chi connectivity index (χ1v) is 9.03. The van der Waals surface area contributed by atoms with Crippen molar-refractivity contribution in [2.75, 3.05) is 39.3 Å². The van der Waals surface area contributed by atoms with Crippen molar-refractivity contribution in [3.8, 4) is 0 Å². The second kappa shape index (κ2) is 9.81. The lowest BCUT2D eigenvalue weighted by atomic mass is 9.84. The van der Waals surface area contributed by atoms with Crippen molar-refractivity contribution < 1.29 is 4.74 Å². The molecule has 0 aliphatic carbocycles. The number of likely N-dealkylation sites (N-methyl/N-ethyl adjacent to an activating group) is 1. The highest BCUT2D eigenvalue weighted by Crippen LogP contribution is 2.25. The van der Waals surface area contributed by atoms with Gasteiger partial charge >= 0.3 is 0 Å². The van der Waals surface area contributed by atoms with Crippen LogP contribution in [0.1, 0.15) is 60.3 Å². The van der Waals surface area contributed by atoms with Crippen molar-refractivity contribution in [2.45, 2.75) is 66.4 Å². The van der Waals surface area contributed by atoms with Gasteiger partial charge in [0.05, 0.1) is 6.10 Å². The Bertz CT molecular complexity index is 264. The van der Waals surface area contributed by atoms with Gasteiger partial charge in [-0.25, -0.2) is 0 Å². The predicted molar refractivity (Wildman–Crippen MR) is 91.8 cm³/mol. The summed E-state index contributed by atoms with van der Waals surface area (Å²) in [5.74, 6) is 0.727. The normalized spacial score (nSPS) is 22.1. The standard InChI is InChI=1S/C18H38N2O/c1-6-10-18(5,14-19-12-16(3)4)15-20(7-2)13-17-9-8-11-21-17/h16-17,19H,6-15H2,1-5H3. The molecule has 3 heteroatoms. The van der Waals surface area contributed by atoms with Crippen molar-refractivity contribution in [1.29, 1.82) is 0 Å². The van der Waals surface area contributed by atoms with Crippen LogP contribution in [0.2, 0.25) is 0 Å². The SMILES string of the molecule is CCCC(C)(CNCC(C)C)CN(CC)CC1CCCO1. The average Bonchev–Trinajstić information content (AvgIpc) is 2.90.